The Kier molecular flexibility index (Phi) is 5.10. The lowest BCUT2D eigenvalue weighted by Gasteiger charge is -2.30. The molecule has 0 bridgehead atoms. The average Bonchev–Trinajstić information content (AvgIpc) is 2.60. The third kappa shape index (κ3) is 3.69. The Labute approximate surface area is 152 Å². The largest absolute Gasteiger partial charge is 0.337 e. The highest BCUT2D eigenvalue weighted by atomic mass is 32.2. The molecule has 1 aromatic carbocycles. The number of rotatable bonds is 3. The van der Waals surface area contributed by atoms with Gasteiger partial charge in [-0.05, 0) is 49.9 Å². The van der Waals surface area contributed by atoms with E-state index in [4.69, 9.17) is 0 Å². The summed E-state index contributed by atoms with van der Waals surface area (Å²) in [6, 6.07) is 12.4. The standard InChI is InChI=1S/C20H21N3OS/c1-13-10-14(2)22-19(18(13)11-21)25-15(3)20(24)23-9-8-16-6-4-5-7-17(16)12-23/h4-7,10,15H,8-9,12H2,1-3H3/t15-/m1/s1. The number of carbonyl (C=O) groups excluding carboxylic acids is 1. The van der Waals surface area contributed by atoms with Gasteiger partial charge in [-0.15, -0.1) is 0 Å². The lowest BCUT2D eigenvalue weighted by atomic mass is 10.00. The maximum atomic E-state index is 12.9. The van der Waals surface area contributed by atoms with Gasteiger partial charge < -0.3 is 4.90 Å². The molecule has 0 saturated carbocycles. The van der Waals surface area contributed by atoms with E-state index in [1.807, 2.05) is 43.9 Å². The number of pyridine rings is 1. The summed E-state index contributed by atoms with van der Waals surface area (Å²) in [5.41, 5.74) is 4.89. The normalized spacial score (nSPS) is 14.6. The van der Waals surface area contributed by atoms with E-state index in [1.165, 1.54) is 22.9 Å². The Morgan fingerprint density at radius 1 is 1.32 bits per heavy atom. The predicted octanol–water partition coefficient (Wildman–Crippen LogP) is 3.64. The van der Waals surface area contributed by atoms with Crippen LogP contribution in [0.15, 0.2) is 35.4 Å². The smallest absolute Gasteiger partial charge is 0.236 e. The highest BCUT2D eigenvalue weighted by molar-refractivity contribution is 8.00. The topological polar surface area (TPSA) is 57.0 Å². The summed E-state index contributed by atoms with van der Waals surface area (Å²) in [6.07, 6.45) is 0.893. The zero-order valence-corrected chi connectivity index (χ0v) is 15.6. The van der Waals surface area contributed by atoms with Crippen molar-refractivity contribution in [2.45, 2.75) is 44.0 Å². The quantitative estimate of drug-likeness (QED) is 0.792. The molecule has 0 spiro atoms. The number of benzene rings is 1. The van der Waals surface area contributed by atoms with Gasteiger partial charge in [-0.3, -0.25) is 4.79 Å². The summed E-state index contributed by atoms with van der Waals surface area (Å²) in [5.74, 6) is 0.101. The second kappa shape index (κ2) is 7.28. The maximum absolute atomic E-state index is 12.9. The highest BCUT2D eigenvalue weighted by Gasteiger charge is 2.26. The van der Waals surface area contributed by atoms with Crippen molar-refractivity contribution in [1.29, 1.82) is 5.26 Å². The zero-order valence-electron chi connectivity index (χ0n) is 14.7. The third-order valence-electron chi connectivity index (χ3n) is 4.50. The van der Waals surface area contributed by atoms with Gasteiger partial charge >= 0.3 is 0 Å². The molecule has 3 rings (SSSR count). The maximum Gasteiger partial charge on any atom is 0.236 e. The van der Waals surface area contributed by atoms with E-state index < -0.39 is 0 Å². The predicted molar refractivity (Wildman–Crippen MR) is 99.3 cm³/mol. The molecule has 0 saturated heterocycles. The number of nitrogens with zero attached hydrogens (tertiary/aromatic N) is 3. The molecule has 1 atom stereocenters. The molecule has 1 aromatic heterocycles. The molecule has 2 aromatic rings. The van der Waals surface area contributed by atoms with Crippen molar-refractivity contribution in [3.8, 4) is 6.07 Å². The van der Waals surface area contributed by atoms with Gasteiger partial charge in [0.25, 0.3) is 0 Å². The van der Waals surface area contributed by atoms with E-state index in [-0.39, 0.29) is 11.2 Å². The van der Waals surface area contributed by atoms with Gasteiger partial charge in [0.2, 0.25) is 5.91 Å². The molecule has 25 heavy (non-hydrogen) atoms. The Morgan fingerprint density at radius 3 is 2.76 bits per heavy atom. The summed E-state index contributed by atoms with van der Waals surface area (Å²) in [5, 5.41) is 9.78. The SMILES string of the molecule is Cc1cc(C)c(C#N)c(S[C@H](C)C(=O)N2CCc3ccccc3C2)n1. The summed E-state index contributed by atoms with van der Waals surface area (Å²) >= 11 is 1.38. The van der Waals surface area contributed by atoms with Crippen LogP contribution in [0.1, 0.15) is 34.9 Å². The highest BCUT2D eigenvalue weighted by Crippen LogP contribution is 2.29. The lowest BCUT2D eigenvalue weighted by Crippen LogP contribution is -2.40. The van der Waals surface area contributed by atoms with E-state index in [2.05, 4.69) is 23.2 Å². The fourth-order valence-corrected chi connectivity index (χ4v) is 4.29. The summed E-state index contributed by atoms with van der Waals surface area (Å²) in [7, 11) is 0. The number of aromatic nitrogens is 1. The van der Waals surface area contributed by atoms with Crippen LogP contribution in [0.4, 0.5) is 0 Å². The molecule has 1 amide bonds. The van der Waals surface area contributed by atoms with Crippen molar-refractivity contribution in [2.75, 3.05) is 6.54 Å². The van der Waals surface area contributed by atoms with Crippen LogP contribution in [0.5, 0.6) is 0 Å². The van der Waals surface area contributed by atoms with Crippen molar-refractivity contribution >= 4 is 17.7 Å². The molecule has 0 fully saturated rings. The first-order valence-electron chi connectivity index (χ1n) is 8.40. The minimum Gasteiger partial charge on any atom is -0.337 e. The third-order valence-corrected chi connectivity index (χ3v) is 5.58. The number of carbonyl (C=O) groups is 1. The summed E-state index contributed by atoms with van der Waals surface area (Å²) in [4.78, 5) is 19.3. The number of thioether (sulfide) groups is 1. The fraction of sp³-hybridized carbons (Fsp3) is 0.350. The minimum atomic E-state index is -0.272. The second-order valence-electron chi connectivity index (χ2n) is 6.41. The molecule has 0 aliphatic carbocycles. The molecule has 1 aliphatic rings. The first kappa shape index (κ1) is 17.5. The van der Waals surface area contributed by atoms with Crippen molar-refractivity contribution in [3.05, 3.63) is 58.3 Å². The van der Waals surface area contributed by atoms with Gasteiger partial charge in [0, 0.05) is 18.8 Å². The van der Waals surface area contributed by atoms with Gasteiger partial charge in [-0.25, -0.2) is 4.98 Å². The molecule has 0 radical (unpaired) electrons. The Bertz CT molecular complexity index is 857. The summed E-state index contributed by atoms with van der Waals surface area (Å²) < 4.78 is 0. The van der Waals surface area contributed by atoms with Gasteiger partial charge in [0.05, 0.1) is 10.8 Å². The molecule has 5 heteroatoms. The molecule has 1 aliphatic heterocycles. The van der Waals surface area contributed by atoms with Crippen molar-refractivity contribution in [3.63, 3.8) is 0 Å². The van der Waals surface area contributed by atoms with Crippen LogP contribution in [0.25, 0.3) is 0 Å². The zero-order chi connectivity index (χ0) is 18.0. The Balaban J connectivity index is 1.75. The van der Waals surface area contributed by atoms with Gasteiger partial charge in [0.1, 0.15) is 11.1 Å². The average molecular weight is 351 g/mol. The summed E-state index contributed by atoms with van der Waals surface area (Å²) in [6.45, 7) is 7.11. The molecule has 2 heterocycles. The molecule has 128 valence electrons. The van der Waals surface area contributed by atoms with Crippen LogP contribution < -0.4 is 0 Å². The number of fused-ring (bicyclic) bond motifs is 1. The second-order valence-corrected chi connectivity index (χ2v) is 7.74. The van der Waals surface area contributed by atoms with Gasteiger partial charge in [-0.2, -0.15) is 5.26 Å². The Hall–Kier alpha value is -2.32. The number of hydrogen-bond acceptors (Lipinski definition) is 4. The molecular weight excluding hydrogens is 330 g/mol. The van der Waals surface area contributed by atoms with Gasteiger partial charge in [-0.1, -0.05) is 36.0 Å². The van der Waals surface area contributed by atoms with E-state index in [0.29, 0.717) is 17.1 Å². The van der Waals surface area contributed by atoms with Crippen molar-refractivity contribution in [1.82, 2.24) is 9.88 Å². The van der Waals surface area contributed by atoms with Gasteiger partial charge in [0.15, 0.2) is 0 Å². The van der Waals surface area contributed by atoms with Crippen LogP contribution in [-0.2, 0) is 17.8 Å². The molecule has 0 N–H and O–H groups in total. The minimum absolute atomic E-state index is 0.101. The van der Waals surface area contributed by atoms with Crippen molar-refractivity contribution < 1.29 is 4.79 Å². The molecule has 0 unspecified atom stereocenters. The van der Waals surface area contributed by atoms with E-state index in [9.17, 15) is 10.1 Å². The van der Waals surface area contributed by atoms with Crippen molar-refractivity contribution in [2.24, 2.45) is 0 Å². The fourth-order valence-electron chi connectivity index (χ4n) is 3.18. The van der Waals surface area contributed by atoms with Crippen LogP contribution in [0, 0.1) is 25.2 Å². The molecule has 4 nitrogen and oxygen atoms in total. The van der Waals surface area contributed by atoms with E-state index in [1.54, 1.807) is 0 Å². The van der Waals surface area contributed by atoms with Crippen LogP contribution in [-0.4, -0.2) is 27.6 Å². The first-order valence-corrected chi connectivity index (χ1v) is 9.28. The van der Waals surface area contributed by atoms with E-state index in [0.717, 1.165) is 24.2 Å². The molecular formula is C20H21N3OS. The lowest BCUT2D eigenvalue weighted by molar-refractivity contribution is -0.131. The number of amides is 1. The monoisotopic (exact) mass is 351 g/mol. The van der Waals surface area contributed by atoms with Crippen LogP contribution >= 0.6 is 11.8 Å². The van der Waals surface area contributed by atoms with Crippen LogP contribution in [0.3, 0.4) is 0 Å². The van der Waals surface area contributed by atoms with E-state index >= 15 is 0 Å². The Morgan fingerprint density at radius 2 is 2.04 bits per heavy atom. The number of hydrogen-bond donors (Lipinski definition) is 0. The van der Waals surface area contributed by atoms with Crippen LogP contribution in [0.2, 0.25) is 0 Å². The number of aryl methyl sites for hydroxylation is 2. The first-order chi connectivity index (χ1) is 12.0. The number of nitriles is 1.